The molecule has 0 atom stereocenters. The van der Waals surface area contributed by atoms with Crippen molar-refractivity contribution in [3.8, 4) is 22.8 Å². The van der Waals surface area contributed by atoms with Crippen molar-refractivity contribution in [2.45, 2.75) is 13.8 Å². The van der Waals surface area contributed by atoms with Crippen molar-refractivity contribution in [3.05, 3.63) is 75.4 Å². The third-order valence-corrected chi connectivity index (χ3v) is 5.00. The fourth-order valence-corrected chi connectivity index (χ4v) is 3.60. The topological polar surface area (TPSA) is 70.1 Å². The van der Waals surface area contributed by atoms with Crippen molar-refractivity contribution in [1.82, 2.24) is 4.68 Å². The van der Waals surface area contributed by atoms with Gasteiger partial charge in [-0.05, 0) is 38.1 Å². The summed E-state index contributed by atoms with van der Waals surface area (Å²) in [4.78, 5) is 5.30. The molecule has 3 aromatic rings. The minimum absolute atomic E-state index is 0.00556. The first-order valence-corrected chi connectivity index (χ1v) is 9.80. The summed E-state index contributed by atoms with van der Waals surface area (Å²) in [5, 5.41) is 27.0. The van der Waals surface area contributed by atoms with Crippen molar-refractivity contribution in [2.24, 2.45) is 10.1 Å². The lowest BCUT2D eigenvalue weighted by atomic mass is 10.1. The Labute approximate surface area is 172 Å². The summed E-state index contributed by atoms with van der Waals surface area (Å²) < 4.78 is 1.74. The number of hydrogen-bond acceptors (Lipinski definition) is 5. The first-order chi connectivity index (χ1) is 13.3. The van der Waals surface area contributed by atoms with E-state index in [-0.39, 0.29) is 11.5 Å². The highest BCUT2D eigenvalue weighted by Crippen LogP contribution is 2.26. The Morgan fingerprint density at radius 2 is 1.96 bits per heavy atom. The van der Waals surface area contributed by atoms with Gasteiger partial charge in [0.05, 0.1) is 18.0 Å². The van der Waals surface area contributed by atoms with E-state index in [9.17, 15) is 10.2 Å². The molecule has 3 rings (SSSR count). The second-order valence-electron chi connectivity index (χ2n) is 6.39. The first kappa shape index (κ1) is 19.9. The highest BCUT2D eigenvalue weighted by molar-refractivity contribution is 7.07. The number of aromatic hydroxyl groups is 2. The van der Waals surface area contributed by atoms with E-state index in [2.05, 4.69) is 11.6 Å². The van der Waals surface area contributed by atoms with Crippen molar-refractivity contribution in [3.63, 3.8) is 0 Å². The zero-order chi connectivity index (χ0) is 20.3. The summed E-state index contributed by atoms with van der Waals surface area (Å²) in [6.07, 6.45) is 0. The molecule has 0 unspecified atom stereocenters. The monoisotopic (exact) mass is 413 g/mol. The number of hydrogen-bond donors (Lipinski definition) is 2. The van der Waals surface area contributed by atoms with Crippen LogP contribution >= 0.6 is 22.9 Å². The SMILES string of the molecule is C=C(C)CN=c1scc(-c2cccc(Cl)c2)n1N=C(C)c1ccc(O)cc1O. The van der Waals surface area contributed by atoms with E-state index in [4.69, 9.17) is 16.7 Å². The van der Waals surface area contributed by atoms with Gasteiger partial charge >= 0.3 is 0 Å². The van der Waals surface area contributed by atoms with Crippen molar-refractivity contribution >= 4 is 28.6 Å². The molecule has 0 aliphatic carbocycles. The highest BCUT2D eigenvalue weighted by atomic mass is 35.5. The van der Waals surface area contributed by atoms with E-state index in [1.165, 1.54) is 23.5 Å². The fourth-order valence-electron chi connectivity index (χ4n) is 2.58. The average molecular weight is 414 g/mol. The lowest BCUT2D eigenvalue weighted by Gasteiger charge is -2.08. The molecule has 0 saturated carbocycles. The number of phenolic OH excluding ortho intramolecular Hbond substituents is 2. The Kier molecular flexibility index (Phi) is 6.02. The molecule has 2 N–H and O–H groups in total. The molecular formula is C21H20ClN3O2S. The van der Waals surface area contributed by atoms with Crippen molar-refractivity contribution in [1.29, 1.82) is 0 Å². The average Bonchev–Trinajstić information content (AvgIpc) is 3.02. The van der Waals surface area contributed by atoms with Gasteiger partial charge in [-0.1, -0.05) is 35.9 Å². The number of halogens is 1. The van der Waals surface area contributed by atoms with E-state index in [0.29, 0.717) is 27.6 Å². The standard InChI is InChI=1S/C21H20ClN3O2S/c1-13(2)11-23-21-25(19(12-28-21)15-5-4-6-16(22)9-15)24-14(3)18-8-7-17(26)10-20(18)27/h4-10,12,26-27H,1,11H2,2-3H3. The molecule has 0 radical (unpaired) electrons. The number of phenols is 2. The molecule has 7 heteroatoms. The van der Waals surface area contributed by atoms with Gasteiger partial charge in [0.2, 0.25) is 4.80 Å². The van der Waals surface area contributed by atoms with Gasteiger partial charge in [0.1, 0.15) is 11.5 Å². The predicted molar refractivity (Wildman–Crippen MR) is 115 cm³/mol. The normalized spacial score (nSPS) is 12.4. The largest absolute Gasteiger partial charge is 0.508 e. The smallest absolute Gasteiger partial charge is 0.206 e. The van der Waals surface area contributed by atoms with Crippen LogP contribution in [0.2, 0.25) is 5.02 Å². The molecule has 0 aliphatic heterocycles. The lowest BCUT2D eigenvalue weighted by Crippen LogP contribution is -2.15. The second kappa shape index (κ2) is 8.46. The van der Waals surface area contributed by atoms with Crippen LogP contribution in [0.4, 0.5) is 0 Å². The number of rotatable bonds is 5. The van der Waals surface area contributed by atoms with Crippen molar-refractivity contribution in [2.75, 3.05) is 6.54 Å². The Morgan fingerprint density at radius 3 is 2.64 bits per heavy atom. The Balaban J connectivity index is 2.17. The van der Waals surface area contributed by atoms with Gasteiger partial charge in [0.25, 0.3) is 0 Å². The van der Waals surface area contributed by atoms with Gasteiger partial charge in [-0.3, -0.25) is 4.99 Å². The maximum absolute atomic E-state index is 10.2. The van der Waals surface area contributed by atoms with E-state index in [1.807, 2.05) is 36.6 Å². The molecule has 144 valence electrons. The number of aromatic nitrogens is 1. The summed E-state index contributed by atoms with van der Waals surface area (Å²) >= 11 is 7.63. The summed E-state index contributed by atoms with van der Waals surface area (Å²) in [5.41, 5.74) is 3.80. The number of thiazole rings is 1. The maximum Gasteiger partial charge on any atom is 0.206 e. The molecule has 0 saturated heterocycles. The molecule has 0 bridgehead atoms. The van der Waals surface area contributed by atoms with Crippen LogP contribution in [0.1, 0.15) is 19.4 Å². The molecule has 2 aromatic carbocycles. The molecule has 1 heterocycles. The van der Waals surface area contributed by atoms with Crippen LogP contribution in [-0.4, -0.2) is 27.1 Å². The molecule has 5 nitrogen and oxygen atoms in total. The minimum atomic E-state index is -0.0400. The van der Waals surface area contributed by atoms with E-state index < -0.39 is 0 Å². The van der Waals surface area contributed by atoms with Gasteiger partial charge in [-0.15, -0.1) is 11.3 Å². The van der Waals surface area contributed by atoms with E-state index in [1.54, 1.807) is 17.7 Å². The highest BCUT2D eigenvalue weighted by Gasteiger charge is 2.11. The van der Waals surface area contributed by atoms with Crippen LogP contribution in [0.5, 0.6) is 11.5 Å². The molecule has 0 aliphatic rings. The van der Waals surface area contributed by atoms with Gasteiger partial charge in [0.15, 0.2) is 0 Å². The van der Waals surface area contributed by atoms with Crippen LogP contribution in [0.3, 0.4) is 0 Å². The molecule has 0 amide bonds. The van der Waals surface area contributed by atoms with Gasteiger partial charge in [-0.25, -0.2) is 4.68 Å². The van der Waals surface area contributed by atoms with Gasteiger partial charge in [-0.2, -0.15) is 5.10 Å². The zero-order valence-corrected chi connectivity index (χ0v) is 17.1. The Bertz CT molecular complexity index is 1130. The van der Waals surface area contributed by atoms with E-state index in [0.717, 1.165) is 16.8 Å². The maximum atomic E-state index is 10.2. The zero-order valence-electron chi connectivity index (χ0n) is 15.6. The second-order valence-corrected chi connectivity index (χ2v) is 7.66. The summed E-state index contributed by atoms with van der Waals surface area (Å²) in [5.74, 6) is -0.0455. The Morgan fingerprint density at radius 1 is 1.18 bits per heavy atom. The number of benzene rings is 2. The van der Waals surface area contributed by atoms with Crippen molar-refractivity contribution < 1.29 is 10.2 Å². The van der Waals surface area contributed by atoms with Gasteiger partial charge < -0.3 is 10.2 Å². The number of nitrogens with zero attached hydrogens (tertiary/aromatic N) is 3. The van der Waals surface area contributed by atoms with Gasteiger partial charge in [0, 0.05) is 27.6 Å². The summed E-state index contributed by atoms with van der Waals surface area (Å²) in [7, 11) is 0. The van der Waals surface area contributed by atoms with E-state index >= 15 is 0 Å². The lowest BCUT2D eigenvalue weighted by molar-refractivity contribution is 0.450. The quantitative estimate of drug-likeness (QED) is 0.455. The van der Waals surface area contributed by atoms with Crippen LogP contribution in [-0.2, 0) is 0 Å². The van der Waals surface area contributed by atoms with Crippen LogP contribution < -0.4 is 4.80 Å². The molecule has 0 spiro atoms. The first-order valence-electron chi connectivity index (χ1n) is 8.54. The third kappa shape index (κ3) is 4.52. The molecule has 28 heavy (non-hydrogen) atoms. The predicted octanol–water partition coefficient (Wildman–Crippen LogP) is 5.03. The molecular weight excluding hydrogens is 394 g/mol. The van der Waals surface area contributed by atoms with Crippen LogP contribution in [0, 0.1) is 0 Å². The minimum Gasteiger partial charge on any atom is -0.508 e. The third-order valence-electron chi connectivity index (χ3n) is 3.91. The molecule has 1 aromatic heterocycles. The van der Waals surface area contributed by atoms with Crippen LogP contribution in [0.25, 0.3) is 11.3 Å². The molecule has 0 fully saturated rings. The fraction of sp³-hybridized carbons (Fsp3) is 0.143. The Hall–Kier alpha value is -2.83. The van der Waals surface area contributed by atoms with Crippen LogP contribution in [0.15, 0.2) is 70.1 Å². The summed E-state index contributed by atoms with van der Waals surface area (Å²) in [6, 6.07) is 11.9. The summed E-state index contributed by atoms with van der Waals surface area (Å²) in [6.45, 7) is 8.10.